The van der Waals surface area contributed by atoms with Crippen LogP contribution in [0, 0.1) is 0 Å². The van der Waals surface area contributed by atoms with Crippen molar-refractivity contribution in [3.8, 4) is 11.5 Å². The van der Waals surface area contributed by atoms with Crippen LogP contribution in [0.2, 0.25) is 0 Å². The summed E-state index contributed by atoms with van der Waals surface area (Å²) in [6.07, 6.45) is 0.909. The first-order chi connectivity index (χ1) is 6.27. The minimum atomic E-state index is 0.671. The van der Waals surface area contributed by atoms with Crippen molar-refractivity contribution in [1.82, 2.24) is 0 Å². The van der Waals surface area contributed by atoms with Crippen molar-refractivity contribution in [3.63, 3.8) is 0 Å². The normalized spacial score (nSPS) is 15.2. The molecular formula is C9H10BrNO2. The lowest BCUT2D eigenvalue weighted by molar-refractivity contribution is 0.297. The summed E-state index contributed by atoms with van der Waals surface area (Å²) < 4.78 is 11.8. The number of hydrogen-bond acceptors (Lipinski definition) is 3. The Labute approximate surface area is 85.0 Å². The van der Waals surface area contributed by atoms with Crippen molar-refractivity contribution in [3.05, 3.63) is 16.6 Å². The van der Waals surface area contributed by atoms with Crippen molar-refractivity contribution in [2.45, 2.75) is 6.42 Å². The largest absolute Gasteiger partial charge is 0.490 e. The second-order valence-electron chi connectivity index (χ2n) is 2.87. The van der Waals surface area contributed by atoms with E-state index in [9.17, 15) is 0 Å². The van der Waals surface area contributed by atoms with Gasteiger partial charge in [0.05, 0.1) is 13.2 Å². The Bertz CT molecular complexity index is 297. The van der Waals surface area contributed by atoms with Gasteiger partial charge in [-0.3, -0.25) is 0 Å². The molecular weight excluding hydrogens is 234 g/mol. The standard InChI is InChI=1S/C9H10BrNO2/c10-6-4-8-9(5-7(6)11)13-3-1-2-12-8/h4-5H,1-3,11H2. The third-order valence-corrected chi connectivity index (χ3v) is 2.55. The fraction of sp³-hybridized carbons (Fsp3) is 0.333. The van der Waals surface area contributed by atoms with Crippen LogP contribution in [-0.2, 0) is 0 Å². The lowest BCUT2D eigenvalue weighted by atomic mass is 10.3. The zero-order valence-corrected chi connectivity index (χ0v) is 8.63. The molecule has 0 aliphatic carbocycles. The molecule has 1 aliphatic heterocycles. The van der Waals surface area contributed by atoms with E-state index in [2.05, 4.69) is 15.9 Å². The van der Waals surface area contributed by atoms with Crippen LogP contribution in [0.25, 0.3) is 0 Å². The summed E-state index contributed by atoms with van der Waals surface area (Å²) >= 11 is 3.34. The van der Waals surface area contributed by atoms with E-state index in [1.54, 1.807) is 6.07 Å². The smallest absolute Gasteiger partial charge is 0.163 e. The van der Waals surface area contributed by atoms with Gasteiger partial charge in [0.15, 0.2) is 11.5 Å². The van der Waals surface area contributed by atoms with Crippen LogP contribution in [0.15, 0.2) is 16.6 Å². The molecule has 0 unspecified atom stereocenters. The van der Waals surface area contributed by atoms with Gasteiger partial charge in [-0.1, -0.05) is 0 Å². The molecule has 0 radical (unpaired) electrons. The first-order valence-corrected chi connectivity index (χ1v) is 4.91. The molecule has 4 heteroatoms. The molecule has 2 rings (SSSR count). The Kier molecular flexibility index (Phi) is 2.31. The third kappa shape index (κ3) is 1.72. The first kappa shape index (κ1) is 8.69. The van der Waals surface area contributed by atoms with Gasteiger partial charge < -0.3 is 15.2 Å². The molecule has 1 heterocycles. The molecule has 0 saturated carbocycles. The maximum Gasteiger partial charge on any atom is 0.163 e. The molecule has 0 aromatic heterocycles. The van der Waals surface area contributed by atoms with Gasteiger partial charge in [0.25, 0.3) is 0 Å². The molecule has 0 spiro atoms. The number of rotatable bonds is 0. The van der Waals surface area contributed by atoms with Crippen molar-refractivity contribution < 1.29 is 9.47 Å². The van der Waals surface area contributed by atoms with Crippen LogP contribution in [0.4, 0.5) is 5.69 Å². The van der Waals surface area contributed by atoms with Gasteiger partial charge in [-0.05, 0) is 15.9 Å². The number of halogens is 1. The molecule has 1 aliphatic rings. The molecule has 0 amide bonds. The lowest BCUT2D eigenvalue weighted by Gasteiger charge is -2.08. The quantitative estimate of drug-likeness (QED) is 0.711. The van der Waals surface area contributed by atoms with Crippen molar-refractivity contribution in [2.75, 3.05) is 18.9 Å². The van der Waals surface area contributed by atoms with E-state index in [-0.39, 0.29) is 0 Å². The lowest BCUT2D eigenvalue weighted by Crippen LogP contribution is -1.97. The Balaban J connectivity index is 2.43. The van der Waals surface area contributed by atoms with E-state index in [0.717, 1.165) is 22.4 Å². The zero-order valence-electron chi connectivity index (χ0n) is 7.05. The molecule has 2 N–H and O–H groups in total. The van der Waals surface area contributed by atoms with Crippen LogP contribution in [0.3, 0.4) is 0 Å². The fourth-order valence-electron chi connectivity index (χ4n) is 1.20. The SMILES string of the molecule is Nc1cc2c(cc1Br)OCCCO2. The summed E-state index contributed by atoms with van der Waals surface area (Å²) in [6, 6.07) is 3.63. The van der Waals surface area contributed by atoms with Crippen LogP contribution in [0.1, 0.15) is 6.42 Å². The maximum absolute atomic E-state index is 5.71. The highest BCUT2D eigenvalue weighted by atomic mass is 79.9. The van der Waals surface area contributed by atoms with Gasteiger partial charge in [0.1, 0.15) is 0 Å². The highest BCUT2D eigenvalue weighted by molar-refractivity contribution is 9.10. The Morgan fingerprint density at radius 2 is 1.77 bits per heavy atom. The maximum atomic E-state index is 5.71. The molecule has 3 nitrogen and oxygen atoms in total. The fourth-order valence-corrected chi connectivity index (χ4v) is 1.52. The van der Waals surface area contributed by atoms with Gasteiger partial charge >= 0.3 is 0 Å². The number of nitrogens with two attached hydrogens (primary N) is 1. The molecule has 0 fully saturated rings. The average Bonchev–Trinajstić information content (AvgIpc) is 2.31. The molecule has 70 valence electrons. The molecule has 1 aromatic rings. The molecule has 1 aromatic carbocycles. The highest BCUT2D eigenvalue weighted by Gasteiger charge is 2.11. The predicted molar refractivity (Wildman–Crippen MR) is 54.2 cm³/mol. The number of hydrogen-bond donors (Lipinski definition) is 1. The second-order valence-corrected chi connectivity index (χ2v) is 3.73. The number of fused-ring (bicyclic) bond motifs is 1. The summed E-state index contributed by atoms with van der Waals surface area (Å²) in [5, 5.41) is 0. The predicted octanol–water partition coefficient (Wildman–Crippen LogP) is 2.19. The monoisotopic (exact) mass is 243 g/mol. The van der Waals surface area contributed by atoms with Crippen LogP contribution >= 0.6 is 15.9 Å². The van der Waals surface area contributed by atoms with Crippen LogP contribution in [-0.4, -0.2) is 13.2 Å². The van der Waals surface area contributed by atoms with Crippen molar-refractivity contribution in [1.29, 1.82) is 0 Å². The highest BCUT2D eigenvalue weighted by Crippen LogP contribution is 2.36. The van der Waals surface area contributed by atoms with Gasteiger partial charge in [0, 0.05) is 28.7 Å². The van der Waals surface area contributed by atoms with E-state index in [0.29, 0.717) is 18.9 Å². The van der Waals surface area contributed by atoms with Crippen molar-refractivity contribution in [2.24, 2.45) is 0 Å². The van der Waals surface area contributed by atoms with Crippen LogP contribution < -0.4 is 15.2 Å². The number of benzene rings is 1. The number of ether oxygens (including phenoxy) is 2. The Morgan fingerprint density at radius 1 is 1.15 bits per heavy atom. The van der Waals surface area contributed by atoms with E-state index in [4.69, 9.17) is 15.2 Å². The van der Waals surface area contributed by atoms with E-state index in [1.165, 1.54) is 0 Å². The summed E-state index contributed by atoms with van der Waals surface area (Å²) in [4.78, 5) is 0. The summed E-state index contributed by atoms with van der Waals surface area (Å²) in [7, 11) is 0. The molecule has 0 saturated heterocycles. The molecule has 0 bridgehead atoms. The zero-order chi connectivity index (χ0) is 9.26. The molecule has 0 atom stereocenters. The third-order valence-electron chi connectivity index (χ3n) is 1.87. The van der Waals surface area contributed by atoms with E-state index < -0.39 is 0 Å². The van der Waals surface area contributed by atoms with E-state index >= 15 is 0 Å². The average molecular weight is 244 g/mol. The Hall–Kier alpha value is -0.900. The topological polar surface area (TPSA) is 44.5 Å². The van der Waals surface area contributed by atoms with Gasteiger partial charge in [0.2, 0.25) is 0 Å². The molecule has 13 heavy (non-hydrogen) atoms. The summed E-state index contributed by atoms with van der Waals surface area (Å²) in [5.41, 5.74) is 6.38. The first-order valence-electron chi connectivity index (χ1n) is 4.12. The second kappa shape index (κ2) is 3.46. The summed E-state index contributed by atoms with van der Waals surface area (Å²) in [5.74, 6) is 1.50. The van der Waals surface area contributed by atoms with Crippen molar-refractivity contribution >= 4 is 21.6 Å². The number of nitrogen functional groups attached to an aromatic ring is 1. The minimum absolute atomic E-state index is 0.671. The van der Waals surface area contributed by atoms with E-state index in [1.807, 2.05) is 6.07 Å². The van der Waals surface area contributed by atoms with Gasteiger partial charge in [-0.2, -0.15) is 0 Å². The minimum Gasteiger partial charge on any atom is -0.490 e. The summed E-state index contributed by atoms with van der Waals surface area (Å²) in [6.45, 7) is 1.39. The number of anilines is 1. The van der Waals surface area contributed by atoms with Gasteiger partial charge in [-0.25, -0.2) is 0 Å². The van der Waals surface area contributed by atoms with Gasteiger partial charge in [-0.15, -0.1) is 0 Å². The Morgan fingerprint density at radius 3 is 2.46 bits per heavy atom. The van der Waals surface area contributed by atoms with Crippen LogP contribution in [0.5, 0.6) is 11.5 Å².